The van der Waals surface area contributed by atoms with Gasteiger partial charge in [-0.15, -0.1) is 11.3 Å². The number of aliphatic hydroxyl groups is 1. The van der Waals surface area contributed by atoms with Gasteiger partial charge in [0.1, 0.15) is 0 Å². The maximum absolute atomic E-state index is 13.5. The molecule has 1 aromatic heterocycles. The molecule has 4 nitrogen and oxygen atoms in total. The Balaban J connectivity index is 1.51. The molecular formula is C22H32N2O2S. The van der Waals surface area contributed by atoms with E-state index in [2.05, 4.69) is 11.5 Å². The van der Waals surface area contributed by atoms with Crippen molar-refractivity contribution in [3.05, 3.63) is 15.4 Å². The van der Waals surface area contributed by atoms with E-state index in [-0.39, 0.29) is 11.3 Å². The van der Waals surface area contributed by atoms with Crippen LogP contribution in [-0.2, 0) is 24.2 Å². The lowest BCUT2D eigenvalue weighted by Crippen LogP contribution is -2.58. The van der Waals surface area contributed by atoms with Gasteiger partial charge in [-0.25, -0.2) is 0 Å². The molecule has 0 saturated heterocycles. The minimum absolute atomic E-state index is 0.0684. The molecule has 5 aliphatic carbocycles. The number of carbonyl (C=O) groups excluding carboxylic acids is 1. The zero-order valence-electron chi connectivity index (χ0n) is 16.5. The molecule has 5 aliphatic rings. The molecule has 1 heterocycles. The minimum Gasteiger partial charge on any atom is -0.390 e. The average Bonchev–Trinajstić information content (AvgIpc) is 2.95. The van der Waals surface area contributed by atoms with Gasteiger partial charge in [-0.1, -0.05) is 13.3 Å². The number of amides is 1. The van der Waals surface area contributed by atoms with Crippen LogP contribution < -0.4 is 4.80 Å². The molecule has 0 aromatic carbocycles. The highest BCUT2D eigenvalue weighted by molar-refractivity contribution is 7.09. The van der Waals surface area contributed by atoms with Crippen molar-refractivity contribution < 1.29 is 9.90 Å². The standard InChI is InChI=1S/C22H32N2O2S/c1-2-3-8-24-17-6-4-5-7-18(17)27-20(24)23-19(25)21-10-15-9-16(11-21)13-22(26,12-15)14-21/h15-16,26H,2-14H2,1H3/b23-20-. The van der Waals surface area contributed by atoms with Crippen LogP contribution in [0.4, 0.5) is 0 Å². The summed E-state index contributed by atoms with van der Waals surface area (Å²) in [5.74, 6) is 1.12. The third-order valence-electron chi connectivity index (χ3n) is 7.58. The predicted molar refractivity (Wildman–Crippen MR) is 106 cm³/mol. The topological polar surface area (TPSA) is 54.6 Å². The second kappa shape index (κ2) is 6.55. The SMILES string of the molecule is CCCCn1c2c(s/c1=N\C(=O)C13CC4CC(CC(O)(C4)C1)C3)CCCC2. The van der Waals surface area contributed by atoms with Gasteiger partial charge in [0, 0.05) is 17.1 Å². The van der Waals surface area contributed by atoms with E-state index in [1.165, 1.54) is 29.8 Å². The first-order valence-corrected chi connectivity index (χ1v) is 11.8. The number of hydrogen-bond donors (Lipinski definition) is 1. The van der Waals surface area contributed by atoms with E-state index in [0.29, 0.717) is 18.3 Å². The number of aryl methyl sites for hydroxylation is 1. The van der Waals surface area contributed by atoms with Gasteiger partial charge in [-0.3, -0.25) is 4.79 Å². The van der Waals surface area contributed by atoms with Crippen molar-refractivity contribution in [2.75, 3.05) is 0 Å². The molecule has 0 aliphatic heterocycles. The Hall–Kier alpha value is -0.940. The minimum atomic E-state index is -0.595. The lowest BCUT2D eigenvalue weighted by Gasteiger charge is -2.58. The number of carbonyl (C=O) groups is 1. The first-order valence-electron chi connectivity index (χ1n) is 11.0. The summed E-state index contributed by atoms with van der Waals surface area (Å²) in [7, 11) is 0. The highest BCUT2D eigenvalue weighted by atomic mass is 32.1. The van der Waals surface area contributed by atoms with Crippen molar-refractivity contribution in [3.63, 3.8) is 0 Å². The third-order valence-corrected chi connectivity index (χ3v) is 8.76. The maximum atomic E-state index is 13.5. The third kappa shape index (κ3) is 3.05. The van der Waals surface area contributed by atoms with Crippen LogP contribution in [0.3, 0.4) is 0 Å². The molecular weight excluding hydrogens is 356 g/mol. The Kier molecular flexibility index (Phi) is 4.39. The van der Waals surface area contributed by atoms with Gasteiger partial charge >= 0.3 is 0 Å². The number of hydrogen-bond acceptors (Lipinski definition) is 3. The fourth-order valence-corrected chi connectivity index (χ4v) is 8.07. The normalized spacial score (nSPS) is 37.6. The van der Waals surface area contributed by atoms with Crippen molar-refractivity contribution in [2.24, 2.45) is 22.2 Å². The zero-order valence-corrected chi connectivity index (χ0v) is 17.3. The predicted octanol–water partition coefficient (Wildman–Crippen LogP) is 3.99. The van der Waals surface area contributed by atoms with Crippen LogP contribution in [0.5, 0.6) is 0 Å². The molecule has 4 bridgehead atoms. The summed E-state index contributed by atoms with van der Waals surface area (Å²) in [5.41, 5.74) is 0.462. The second-order valence-corrected chi connectivity index (χ2v) is 10.9. The van der Waals surface area contributed by atoms with Crippen molar-refractivity contribution in [1.82, 2.24) is 4.57 Å². The van der Waals surface area contributed by atoms with Crippen LogP contribution >= 0.6 is 11.3 Å². The summed E-state index contributed by atoms with van der Waals surface area (Å²) in [6.07, 6.45) is 12.7. The monoisotopic (exact) mass is 388 g/mol. The van der Waals surface area contributed by atoms with Gasteiger partial charge < -0.3 is 9.67 Å². The lowest BCUT2D eigenvalue weighted by atomic mass is 9.47. The largest absolute Gasteiger partial charge is 0.390 e. The van der Waals surface area contributed by atoms with Crippen molar-refractivity contribution in [3.8, 4) is 0 Å². The van der Waals surface area contributed by atoms with Gasteiger partial charge in [0.15, 0.2) is 4.80 Å². The molecule has 148 valence electrons. The molecule has 0 spiro atoms. The van der Waals surface area contributed by atoms with E-state index in [4.69, 9.17) is 4.99 Å². The van der Waals surface area contributed by atoms with Gasteiger partial charge in [0.2, 0.25) is 0 Å². The molecule has 27 heavy (non-hydrogen) atoms. The lowest BCUT2D eigenvalue weighted by molar-refractivity contribution is -0.175. The highest BCUT2D eigenvalue weighted by Gasteiger charge is 2.60. The molecule has 2 unspecified atom stereocenters. The Morgan fingerprint density at radius 1 is 1.22 bits per heavy atom. The van der Waals surface area contributed by atoms with Crippen LogP contribution in [0, 0.1) is 17.3 Å². The van der Waals surface area contributed by atoms with E-state index in [9.17, 15) is 9.90 Å². The highest BCUT2D eigenvalue weighted by Crippen LogP contribution is 2.62. The van der Waals surface area contributed by atoms with E-state index in [0.717, 1.165) is 62.7 Å². The van der Waals surface area contributed by atoms with Crippen molar-refractivity contribution in [2.45, 2.75) is 96.1 Å². The summed E-state index contributed by atoms with van der Waals surface area (Å²) < 4.78 is 2.36. The number of fused-ring (bicyclic) bond motifs is 1. The number of nitrogens with zero attached hydrogens (tertiary/aromatic N) is 2. The van der Waals surface area contributed by atoms with Gasteiger partial charge in [0.25, 0.3) is 5.91 Å². The van der Waals surface area contributed by atoms with Crippen LogP contribution in [0.25, 0.3) is 0 Å². The second-order valence-electron chi connectivity index (χ2n) is 9.85. The molecule has 1 N–H and O–H groups in total. The van der Waals surface area contributed by atoms with Crippen molar-refractivity contribution in [1.29, 1.82) is 0 Å². The fraction of sp³-hybridized carbons (Fsp3) is 0.818. The molecule has 6 rings (SSSR count). The quantitative estimate of drug-likeness (QED) is 0.848. The van der Waals surface area contributed by atoms with E-state index in [1.54, 1.807) is 11.3 Å². The average molecular weight is 389 g/mol. The van der Waals surface area contributed by atoms with Crippen molar-refractivity contribution >= 4 is 17.2 Å². The van der Waals surface area contributed by atoms with Gasteiger partial charge in [-0.2, -0.15) is 4.99 Å². The number of thiazole rings is 1. The summed E-state index contributed by atoms with van der Waals surface area (Å²) >= 11 is 1.76. The Morgan fingerprint density at radius 2 is 1.96 bits per heavy atom. The molecule has 1 amide bonds. The first kappa shape index (κ1) is 18.1. The molecule has 4 fully saturated rings. The molecule has 4 saturated carbocycles. The Labute approximate surface area is 165 Å². The number of unbranched alkanes of at least 4 members (excludes halogenated alkanes) is 1. The fourth-order valence-electron chi connectivity index (χ4n) is 6.84. The molecule has 2 atom stereocenters. The zero-order chi connectivity index (χ0) is 18.6. The van der Waals surface area contributed by atoms with Crippen LogP contribution in [-0.4, -0.2) is 21.2 Å². The van der Waals surface area contributed by atoms with Gasteiger partial charge in [-0.05, 0) is 82.5 Å². The first-order chi connectivity index (χ1) is 13.0. The molecule has 5 heteroatoms. The number of aromatic nitrogens is 1. The maximum Gasteiger partial charge on any atom is 0.254 e. The Morgan fingerprint density at radius 3 is 2.67 bits per heavy atom. The summed E-state index contributed by atoms with van der Waals surface area (Å²) in [6.45, 7) is 3.20. The smallest absolute Gasteiger partial charge is 0.254 e. The molecule has 1 aromatic rings. The van der Waals surface area contributed by atoms with Crippen LogP contribution in [0.2, 0.25) is 0 Å². The summed E-state index contributed by atoms with van der Waals surface area (Å²) in [4.78, 5) is 20.6. The van der Waals surface area contributed by atoms with E-state index >= 15 is 0 Å². The van der Waals surface area contributed by atoms with Crippen LogP contribution in [0.15, 0.2) is 4.99 Å². The van der Waals surface area contributed by atoms with E-state index < -0.39 is 5.60 Å². The Bertz CT molecular complexity index is 807. The van der Waals surface area contributed by atoms with Gasteiger partial charge in [0.05, 0.1) is 11.0 Å². The molecule has 0 radical (unpaired) electrons. The van der Waals surface area contributed by atoms with Crippen LogP contribution in [0.1, 0.15) is 81.7 Å². The number of rotatable bonds is 4. The summed E-state index contributed by atoms with van der Waals surface area (Å²) in [5, 5.41) is 11.0. The summed E-state index contributed by atoms with van der Waals surface area (Å²) in [6, 6.07) is 0. The van der Waals surface area contributed by atoms with E-state index in [1.807, 2.05) is 0 Å².